The SMILES string of the molecule is Cc1cc(Cl)cc(NS(=O)(=O)c2sccc2Br)c1O. The Morgan fingerprint density at radius 2 is 2.11 bits per heavy atom. The Kier molecular flexibility index (Phi) is 4.10. The van der Waals surface area contributed by atoms with E-state index < -0.39 is 10.0 Å². The second-order valence-corrected chi connectivity index (χ2v) is 7.86. The molecule has 0 spiro atoms. The molecule has 4 nitrogen and oxygen atoms in total. The van der Waals surface area contributed by atoms with Crippen LogP contribution in [0.25, 0.3) is 0 Å². The smallest absolute Gasteiger partial charge is 0.272 e. The lowest BCUT2D eigenvalue weighted by atomic mass is 10.2. The van der Waals surface area contributed by atoms with E-state index >= 15 is 0 Å². The molecule has 1 heterocycles. The number of phenolic OH excluding ortho intramolecular Hbond substituents is 1. The molecular weight excluding hydrogens is 374 g/mol. The molecule has 19 heavy (non-hydrogen) atoms. The average molecular weight is 383 g/mol. The summed E-state index contributed by atoms with van der Waals surface area (Å²) in [5.74, 6) is -0.138. The van der Waals surface area contributed by atoms with Crippen LogP contribution in [0.15, 0.2) is 32.3 Å². The Hall–Kier alpha value is -0.760. The van der Waals surface area contributed by atoms with Crippen molar-refractivity contribution in [2.45, 2.75) is 11.1 Å². The first-order valence-electron chi connectivity index (χ1n) is 5.06. The van der Waals surface area contributed by atoms with Gasteiger partial charge in [0.05, 0.1) is 5.69 Å². The molecular formula is C11H9BrClNO3S2. The molecule has 0 fully saturated rings. The van der Waals surface area contributed by atoms with Gasteiger partial charge in [-0.25, -0.2) is 8.42 Å². The van der Waals surface area contributed by atoms with Gasteiger partial charge in [-0.3, -0.25) is 4.72 Å². The molecule has 1 aromatic carbocycles. The van der Waals surface area contributed by atoms with Crippen molar-refractivity contribution in [3.63, 3.8) is 0 Å². The number of halogens is 2. The van der Waals surface area contributed by atoms with E-state index in [1.165, 1.54) is 6.07 Å². The van der Waals surface area contributed by atoms with Crippen LogP contribution in [-0.4, -0.2) is 13.5 Å². The predicted molar refractivity (Wildman–Crippen MR) is 80.7 cm³/mol. The molecule has 2 aromatic rings. The number of aryl methyl sites for hydroxylation is 1. The van der Waals surface area contributed by atoms with Crippen molar-refractivity contribution in [3.8, 4) is 5.75 Å². The summed E-state index contributed by atoms with van der Waals surface area (Å²) < 4.78 is 27.3. The lowest BCUT2D eigenvalue weighted by Gasteiger charge is -2.11. The molecule has 0 amide bonds. The summed E-state index contributed by atoms with van der Waals surface area (Å²) in [7, 11) is -3.75. The highest BCUT2D eigenvalue weighted by Gasteiger charge is 2.21. The standard InChI is InChI=1S/C11H9BrClNO3S2/c1-6-4-7(13)5-9(10(6)15)14-19(16,17)11-8(12)2-3-18-11/h2-5,14-15H,1H3. The zero-order chi connectivity index (χ0) is 14.2. The first kappa shape index (κ1) is 14.6. The molecule has 0 saturated heterocycles. The molecule has 2 N–H and O–H groups in total. The normalized spacial score (nSPS) is 11.5. The van der Waals surface area contributed by atoms with Gasteiger partial charge in [0.1, 0.15) is 5.75 Å². The molecule has 0 atom stereocenters. The molecule has 102 valence electrons. The van der Waals surface area contributed by atoms with Gasteiger partial charge >= 0.3 is 0 Å². The maximum absolute atomic E-state index is 12.2. The van der Waals surface area contributed by atoms with Gasteiger partial charge in [0.15, 0.2) is 4.21 Å². The van der Waals surface area contributed by atoms with E-state index in [9.17, 15) is 13.5 Å². The van der Waals surface area contributed by atoms with Crippen LogP contribution >= 0.6 is 38.9 Å². The largest absolute Gasteiger partial charge is 0.505 e. The first-order chi connectivity index (χ1) is 8.81. The number of phenols is 1. The summed E-state index contributed by atoms with van der Waals surface area (Å²) in [5.41, 5.74) is 0.556. The van der Waals surface area contributed by atoms with E-state index in [0.717, 1.165) is 11.3 Å². The number of aromatic hydroxyl groups is 1. The third-order valence-electron chi connectivity index (χ3n) is 2.34. The Morgan fingerprint density at radius 3 is 2.68 bits per heavy atom. The van der Waals surface area contributed by atoms with E-state index in [1.807, 2.05) is 0 Å². The lowest BCUT2D eigenvalue weighted by molar-refractivity contribution is 0.473. The number of hydrogen-bond acceptors (Lipinski definition) is 4. The van der Waals surface area contributed by atoms with Crippen LogP contribution < -0.4 is 4.72 Å². The maximum atomic E-state index is 12.2. The second-order valence-electron chi connectivity index (χ2n) is 3.78. The van der Waals surface area contributed by atoms with Gasteiger partial charge in [0.2, 0.25) is 0 Å². The predicted octanol–water partition coefficient (Wildman–Crippen LogP) is 3.98. The van der Waals surface area contributed by atoms with Crippen molar-refractivity contribution in [2.75, 3.05) is 4.72 Å². The van der Waals surface area contributed by atoms with Crippen molar-refractivity contribution in [2.24, 2.45) is 0 Å². The van der Waals surface area contributed by atoms with Crippen LogP contribution in [0.1, 0.15) is 5.56 Å². The number of nitrogens with one attached hydrogen (secondary N) is 1. The number of benzene rings is 1. The summed E-state index contributed by atoms with van der Waals surface area (Å²) in [4.78, 5) is 0. The fourth-order valence-corrected chi connectivity index (χ4v) is 5.14. The van der Waals surface area contributed by atoms with Crippen molar-refractivity contribution in [3.05, 3.63) is 38.6 Å². The molecule has 0 saturated carbocycles. The second kappa shape index (κ2) is 5.32. The van der Waals surface area contributed by atoms with Crippen LogP contribution in [0, 0.1) is 6.92 Å². The molecule has 0 aliphatic rings. The fourth-order valence-electron chi connectivity index (χ4n) is 1.48. The van der Waals surface area contributed by atoms with Crippen LogP contribution in [0.4, 0.5) is 5.69 Å². The van der Waals surface area contributed by atoms with Gasteiger partial charge in [-0.05, 0) is 52.0 Å². The highest BCUT2D eigenvalue weighted by molar-refractivity contribution is 9.10. The highest BCUT2D eigenvalue weighted by Crippen LogP contribution is 2.35. The minimum absolute atomic E-state index is 0.0605. The Bertz CT molecular complexity index is 728. The topological polar surface area (TPSA) is 66.4 Å². The highest BCUT2D eigenvalue weighted by atomic mass is 79.9. The number of rotatable bonds is 3. The van der Waals surface area contributed by atoms with Crippen LogP contribution in [0.2, 0.25) is 5.02 Å². The molecule has 0 bridgehead atoms. The van der Waals surface area contributed by atoms with Crippen molar-refractivity contribution in [1.29, 1.82) is 0 Å². The van der Waals surface area contributed by atoms with Gasteiger partial charge in [-0.2, -0.15) is 0 Å². The van der Waals surface area contributed by atoms with Gasteiger partial charge in [0, 0.05) is 9.50 Å². The molecule has 1 aromatic heterocycles. The van der Waals surface area contributed by atoms with Gasteiger partial charge in [-0.15, -0.1) is 11.3 Å². The minimum Gasteiger partial charge on any atom is -0.505 e. The van der Waals surface area contributed by atoms with E-state index in [-0.39, 0.29) is 15.6 Å². The molecule has 0 aliphatic carbocycles. The first-order valence-corrected chi connectivity index (χ1v) is 8.59. The van der Waals surface area contributed by atoms with Gasteiger partial charge < -0.3 is 5.11 Å². The zero-order valence-corrected chi connectivity index (χ0v) is 13.6. The quantitative estimate of drug-likeness (QED) is 0.789. The summed E-state index contributed by atoms with van der Waals surface area (Å²) in [6.45, 7) is 1.64. The van der Waals surface area contributed by atoms with Gasteiger partial charge in [0.25, 0.3) is 10.0 Å². The summed E-state index contributed by atoms with van der Waals surface area (Å²) in [6.07, 6.45) is 0. The zero-order valence-electron chi connectivity index (χ0n) is 9.65. The number of hydrogen-bond donors (Lipinski definition) is 2. The average Bonchev–Trinajstić information content (AvgIpc) is 2.72. The number of anilines is 1. The monoisotopic (exact) mass is 381 g/mol. The van der Waals surface area contributed by atoms with Crippen LogP contribution in [0.5, 0.6) is 5.75 Å². The van der Waals surface area contributed by atoms with E-state index in [4.69, 9.17) is 11.6 Å². The van der Waals surface area contributed by atoms with E-state index in [0.29, 0.717) is 15.1 Å². The summed E-state index contributed by atoms with van der Waals surface area (Å²) in [5, 5.41) is 11.9. The van der Waals surface area contributed by atoms with Crippen LogP contribution in [-0.2, 0) is 10.0 Å². The number of sulfonamides is 1. The molecule has 2 rings (SSSR count). The maximum Gasteiger partial charge on any atom is 0.272 e. The third-order valence-corrected chi connectivity index (χ3v) is 6.59. The lowest BCUT2D eigenvalue weighted by Crippen LogP contribution is -2.12. The van der Waals surface area contributed by atoms with Crippen molar-refractivity contribution < 1.29 is 13.5 Å². The number of thiophene rings is 1. The molecule has 0 radical (unpaired) electrons. The Labute approximate surface area is 128 Å². The molecule has 8 heteroatoms. The molecule has 0 unspecified atom stereocenters. The van der Waals surface area contributed by atoms with Crippen molar-refractivity contribution >= 4 is 54.6 Å². The van der Waals surface area contributed by atoms with E-state index in [1.54, 1.807) is 24.4 Å². The Balaban J connectivity index is 2.45. The minimum atomic E-state index is -3.75. The third kappa shape index (κ3) is 3.05. The van der Waals surface area contributed by atoms with E-state index in [2.05, 4.69) is 20.7 Å². The fraction of sp³-hybridized carbons (Fsp3) is 0.0909. The molecule has 0 aliphatic heterocycles. The summed E-state index contributed by atoms with van der Waals surface area (Å²) >= 11 is 10.1. The van der Waals surface area contributed by atoms with Crippen molar-refractivity contribution in [1.82, 2.24) is 0 Å². The van der Waals surface area contributed by atoms with Crippen LogP contribution in [0.3, 0.4) is 0 Å². The summed E-state index contributed by atoms with van der Waals surface area (Å²) in [6, 6.07) is 4.56. The van der Waals surface area contributed by atoms with Gasteiger partial charge in [-0.1, -0.05) is 11.6 Å². The Morgan fingerprint density at radius 1 is 1.42 bits per heavy atom.